The molecule has 1 aromatic carbocycles. The number of esters is 1. The molecule has 2 heterocycles. The Morgan fingerprint density at radius 2 is 2.03 bits per heavy atom. The molecule has 10 heteroatoms. The third-order valence-electron chi connectivity index (χ3n) is 4.48. The highest BCUT2D eigenvalue weighted by Gasteiger charge is 2.42. The van der Waals surface area contributed by atoms with Gasteiger partial charge in [-0.3, -0.25) is 21.1 Å². The van der Waals surface area contributed by atoms with Gasteiger partial charge in [-0.2, -0.15) is 0 Å². The summed E-state index contributed by atoms with van der Waals surface area (Å²) in [7, 11) is 0. The van der Waals surface area contributed by atoms with Gasteiger partial charge in [-0.05, 0) is 45.0 Å². The zero-order chi connectivity index (χ0) is 22.5. The van der Waals surface area contributed by atoms with E-state index in [1.165, 1.54) is 12.5 Å². The number of amides is 1. The quantitative estimate of drug-likeness (QED) is 0.245. The molecular weight excluding hydrogens is 400 g/mol. The highest BCUT2D eigenvalue weighted by Crippen LogP contribution is 2.26. The van der Waals surface area contributed by atoms with Crippen molar-refractivity contribution >= 4 is 23.4 Å². The first-order chi connectivity index (χ1) is 14.7. The number of hydrogen-bond acceptors (Lipinski definition) is 8. The first-order valence-electron chi connectivity index (χ1n) is 9.79. The van der Waals surface area contributed by atoms with Gasteiger partial charge in [-0.25, -0.2) is 14.8 Å². The number of aromatic nitrogens is 2. The molecule has 10 nitrogen and oxygen atoms in total. The van der Waals surface area contributed by atoms with Crippen LogP contribution in [0.3, 0.4) is 0 Å². The Labute approximate surface area is 180 Å². The van der Waals surface area contributed by atoms with Gasteiger partial charge < -0.3 is 14.8 Å². The Morgan fingerprint density at radius 1 is 1.23 bits per heavy atom. The lowest BCUT2D eigenvalue weighted by atomic mass is 9.97. The summed E-state index contributed by atoms with van der Waals surface area (Å²) in [6.07, 6.45) is 3.24. The average Bonchev–Trinajstić information content (AvgIpc) is 3.21. The van der Waals surface area contributed by atoms with E-state index in [2.05, 4.69) is 26.1 Å². The second-order valence-corrected chi connectivity index (χ2v) is 8.14. The van der Waals surface area contributed by atoms with Crippen LogP contribution in [0.5, 0.6) is 0 Å². The number of anilines is 1. The maximum Gasteiger partial charge on any atom is 0.338 e. The van der Waals surface area contributed by atoms with Crippen molar-refractivity contribution in [2.24, 2.45) is 0 Å². The number of ether oxygens (including phenoxy) is 2. The van der Waals surface area contributed by atoms with Gasteiger partial charge >= 0.3 is 5.97 Å². The van der Waals surface area contributed by atoms with Crippen molar-refractivity contribution in [2.45, 2.75) is 38.3 Å². The molecule has 1 atom stereocenters. The number of amidine groups is 1. The molecule has 1 amide bonds. The van der Waals surface area contributed by atoms with E-state index < -0.39 is 23.0 Å². The van der Waals surface area contributed by atoms with E-state index in [1.807, 2.05) is 0 Å². The van der Waals surface area contributed by atoms with Crippen molar-refractivity contribution in [3.63, 3.8) is 0 Å². The first kappa shape index (κ1) is 22.2. The Kier molecular flexibility index (Phi) is 6.50. The largest absolute Gasteiger partial charge is 0.456 e. The molecule has 0 aliphatic carbocycles. The number of hydrogen-bond donors (Lipinski definition) is 4. The fraction of sp³-hybridized carbons (Fsp3) is 0.381. The number of nitrogens with zero attached hydrogens (tertiary/aromatic N) is 2. The Bertz CT molecular complexity index is 952. The van der Waals surface area contributed by atoms with Crippen LogP contribution in [0.2, 0.25) is 0 Å². The maximum atomic E-state index is 13.0. The van der Waals surface area contributed by atoms with E-state index in [-0.39, 0.29) is 12.4 Å². The van der Waals surface area contributed by atoms with E-state index in [1.54, 1.807) is 51.1 Å². The third-order valence-corrected chi connectivity index (χ3v) is 4.48. The minimum Gasteiger partial charge on any atom is -0.456 e. The van der Waals surface area contributed by atoms with Gasteiger partial charge in [-0.15, -0.1) is 0 Å². The molecule has 4 N–H and O–H groups in total. The summed E-state index contributed by atoms with van der Waals surface area (Å²) in [5.74, 6) is -0.916. The van der Waals surface area contributed by atoms with Crippen molar-refractivity contribution in [1.29, 1.82) is 5.41 Å². The molecule has 1 fully saturated rings. The summed E-state index contributed by atoms with van der Waals surface area (Å²) >= 11 is 0. The fourth-order valence-electron chi connectivity index (χ4n) is 2.98. The number of carbonyl (C=O) groups excluding carboxylic acids is 2. The van der Waals surface area contributed by atoms with E-state index in [0.29, 0.717) is 30.0 Å². The number of carbonyl (C=O) groups is 2. The molecule has 1 aromatic heterocycles. The third kappa shape index (κ3) is 5.76. The van der Waals surface area contributed by atoms with Crippen molar-refractivity contribution in [1.82, 2.24) is 20.8 Å². The van der Waals surface area contributed by atoms with Gasteiger partial charge in [0.2, 0.25) is 0 Å². The molecule has 3 rings (SSSR count). The smallest absolute Gasteiger partial charge is 0.338 e. The van der Waals surface area contributed by atoms with Gasteiger partial charge in [0.25, 0.3) is 5.91 Å². The van der Waals surface area contributed by atoms with Crippen LogP contribution in [0.15, 0.2) is 42.9 Å². The maximum absolute atomic E-state index is 13.0. The normalized spacial score (nSPS) is 18.2. The molecule has 31 heavy (non-hydrogen) atoms. The van der Waals surface area contributed by atoms with Crippen molar-refractivity contribution < 1.29 is 19.1 Å². The Balaban J connectivity index is 1.70. The Hall–Kier alpha value is -3.53. The lowest BCUT2D eigenvalue weighted by Gasteiger charge is -2.29. The topological polar surface area (TPSA) is 138 Å². The molecule has 1 saturated heterocycles. The monoisotopic (exact) mass is 426 g/mol. The minimum atomic E-state index is -1.06. The summed E-state index contributed by atoms with van der Waals surface area (Å²) in [6, 6.07) is 8.32. The molecule has 2 aromatic rings. The van der Waals surface area contributed by atoms with Gasteiger partial charge in [0, 0.05) is 24.9 Å². The van der Waals surface area contributed by atoms with Crippen LogP contribution < -0.4 is 16.2 Å². The molecule has 0 saturated carbocycles. The SMILES string of the molecule is CC(C)(C)OC(=O)c1cccc(N[C@]2(C(=O)NNC(=N)c3ccncn3)CCOC2)c1. The minimum absolute atomic E-state index is 0.0725. The van der Waals surface area contributed by atoms with Crippen molar-refractivity contribution in [3.8, 4) is 0 Å². The van der Waals surface area contributed by atoms with Crippen LogP contribution in [0.1, 0.15) is 43.2 Å². The zero-order valence-electron chi connectivity index (χ0n) is 17.7. The van der Waals surface area contributed by atoms with E-state index in [4.69, 9.17) is 14.9 Å². The van der Waals surface area contributed by atoms with E-state index in [9.17, 15) is 9.59 Å². The predicted molar refractivity (Wildman–Crippen MR) is 114 cm³/mol. The molecule has 1 aliphatic heterocycles. The molecular formula is C21H26N6O4. The molecule has 1 aliphatic rings. The number of benzene rings is 1. The van der Waals surface area contributed by atoms with Crippen LogP contribution >= 0.6 is 0 Å². The Morgan fingerprint density at radius 3 is 2.68 bits per heavy atom. The summed E-state index contributed by atoms with van der Waals surface area (Å²) in [4.78, 5) is 33.1. The van der Waals surface area contributed by atoms with Crippen LogP contribution in [0.25, 0.3) is 0 Å². The van der Waals surface area contributed by atoms with E-state index >= 15 is 0 Å². The number of rotatable bonds is 5. The molecule has 164 valence electrons. The zero-order valence-corrected chi connectivity index (χ0v) is 17.7. The van der Waals surface area contributed by atoms with Gasteiger partial charge in [0.15, 0.2) is 5.84 Å². The molecule has 0 bridgehead atoms. The van der Waals surface area contributed by atoms with Crippen LogP contribution in [-0.4, -0.2) is 52.0 Å². The van der Waals surface area contributed by atoms with Crippen LogP contribution in [-0.2, 0) is 14.3 Å². The molecule has 0 unspecified atom stereocenters. The lowest BCUT2D eigenvalue weighted by molar-refractivity contribution is -0.126. The highest BCUT2D eigenvalue weighted by molar-refractivity contribution is 5.97. The summed E-state index contributed by atoms with van der Waals surface area (Å²) in [5.41, 5.74) is 4.73. The number of hydrazine groups is 1. The summed E-state index contributed by atoms with van der Waals surface area (Å²) in [5, 5.41) is 11.2. The fourth-order valence-corrected chi connectivity index (χ4v) is 2.98. The van der Waals surface area contributed by atoms with Crippen molar-refractivity contribution in [2.75, 3.05) is 18.5 Å². The molecule has 0 radical (unpaired) electrons. The standard InChI is InChI=1S/C21H26N6O4/c1-20(2,3)31-18(28)14-5-4-6-15(11-14)25-21(8-10-30-12-21)19(29)27-26-17(22)16-7-9-23-13-24-16/h4-7,9,11,13,25H,8,10,12H2,1-3H3,(H2,22,26)(H,27,29)/t21-/m1/s1. The van der Waals surface area contributed by atoms with Crippen LogP contribution in [0.4, 0.5) is 5.69 Å². The summed E-state index contributed by atoms with van der Waals surface area (Å²) < 4.78 is 10.9. The van der Waals surface area contributed by atoms with Gasteiger partial charge in [0.1, 0.15) is 23.2 Å². The first-order valence-corrected chi connectivity index (χ1v) is 9.79. The molecule has 0 spiro atoms. The predicted octanol–water partition coefficient (Wildman–Crippen LogP) is 1.65. The average molecular weight is 426 g/mol. The second kappa shape index (κ2) is 9.09. The van der Waals surface area contributed by atoms with E-state index in [0.717, 1.165) is 0 Å². The van der Waals surface area contributed by atoms with Crippen LogP contribution in [0, 0.1) is 5.41 Å². The number of nitrogens with one attached hydrogen (secondary N) is 4. The summed E-state index contributed by atoms with van der Waals surface area (Å²) in [6.45, 7) is 5.93. The van der Waals surface area contributed by atoms with Gasteiger partial charge in [0.05, 0.1) is 12.2 Å². The van der Waals surface area contributed by atoms with Crippen molar-refractivity contribution in [3.05, 3.63) is 54.1 Å². The van der Waals surface area contributed by atoms with Gasteiger partial charge in [-0.1, -0.05) is 6.07 Å². The second-order valence-electron chi connectivity index (χ2n) is 8.14. The highest BCUT2D eigenvalue weighted by atomic mass is 16.6. The lowest BCUT2D eigenvalue weighted by Crippen LogP contribution is -2.57.